The minimum absolute atomic E-state index is 0.0131. The number of aromatic hydroxyl groups is 1. The highest BCUT2D eigenvalue weighted by Crippen LogP contribution is 2.10. The average Bonchev–Trinajstić information content (AvgIpc) is 2.37. The Balaban J connectivity index is 2.09. The van der Waals surface area contributed by atoms with Crippen LogP contribution in [0.2, 0.25) is 0 Å². The normalized spacial score (nSPS) is 15.4. The Kier molecular flexibility index (Phi) is 3.55. The van der Waals surface area contributed by atoms with Crippen LogP contribution in [0.3, 0.4) is 0 Å². The summed E-state index contributed by atoms with van der Waals surface area (Å²) in [5.41, 5.74) is -0.372. The van der Waals surface area contributed by atoms with E-state index in [-0.39, 0.29) is 23.3 Å². The van der Waals surface area contributed by atoms with Crippen molar-refractivity contribution >= 4 is 11.8 Å². The topological polar surface area (TPSA) is 93.7 Å². The molecular weight excluding hydrogens is 250 g/mol. The summed E-state index contributed by atoms with van der Waals surface area (Å²) in [4.78, 5) is 39.9. The summed E-state index contributed by atoms with van der Waals surface area (Å²) in [5, 5.41) is 9.28. The first-order chi connectivity index (χ1) is 8.97. The molecule has 7 nitrogen and oxygen atoms in total. The van der Waals surface area contributed by atoms with Gasteiger partial charge in [0, 0.05) is 45.2 Å². The third-order valence-electron chi connectivity index (χ3n) is 3.09. The van der Waals surface area contributed by atoms with E-state index in [4.69, 9.17) is 0 Å². The van der Waals surface area contributed by atoms with Crippen LogP contribution in [-0.2, 0) is 4.79 Å². The first kappa shape index (κ1) is 13.1. The molecule has 1 aliphatic rings. The summed E-state index contributed by atoms with van der Waals surface area (Å²) in [7, 11) is 0. The fourth-order valence-electron chi connectivity index (χ4n) is 2.06. The molecule has 2 N–H and O–H groups in total. The Labute approximate surface area is 109 Å². The lowest BCUT2D eigenvalue weighted by molar-refractivity contribution is -0.130. The van der Waals surface area contributed by atoms with Gasteiger partial charge in [0.05, 0.1) is 5.56 Å². The smallest absolute Gasteiger partial charge is 0.254 e. The number of pyridine rings is 1. The molecule has 0 aliphatic carbocycles. The number of hydrogen-bond donors (Lipinski definition) is 2. The van der Waals surface area contributed by atoms with Crippen LogP contribution in [0.15, 0.2) is 16.9 Å². The van der Waals surface area contributed by atoms with Crippen molar-refractivity contribution in [2.75, 3.05) is 26.2 Å². The Morgan fingerprint density at radius 3 is 2.26 bits per heavy atom. The molecule has 0 spiro atoms. The maximum absolute atomic E-state index is 12.1. The lowest BCUT2D eigenvalue weighted by Gasteiger charge is -2.34. The van der Waals surface area contributed by atoms with Crippen molar-refractivity contribution in [1.82, 2.24) is 14.8 Å². The molecule has 0 saturated carbocycles. The third kappa shape index (κ3) is 2.93. The summed E-state index contributed by atoms with van der Waals surface area (Å²) in [6.07, 6.45) is 0. The first-order valence-electron chi connectivity index (χ1n) is 5.95. The van der Waals surface area contributed by atoms with Gasteiger partial charge in [-0.15, -0.1) is 0 Å². The van der Waals surface area contributed by atoms with Gasteiger partial charge in [-0.1, -0.05) is 0 Å². The summed E-state index contributed by atoms with van der Waals surface area (Å²) < 4.78 is 0. The number of piperazine rings is 1. The van der Waals surface area contributed by atoms with Crippen LogP contribution in [-0.4, -0.2) is 57.9 Å². The van der Waals surface area contributed by atoms with Crippen molar-refractivity contribution in [3.8, 4) is 5.88 Å². The largest absolute Gasteiger partial charge is 0.494 e. The van der Waals surface area contributed by atoms with Gasteiger partial charge in [-0.25, -0.2) is 0 Å². The summed E-state index contributed by atoms with van der Waals surface area (Å²) in [5.74, 6) is -0.663. The van der Waals surface area contributed by atoms with Gasteiger partial charge in [-0.3, -0.25) is 19.4 Å². The van der Waals surface area contributed by atoms with E-state index in [1.807, 2.05) is 0 Å². The van der Waals surface area contributed by atoms with E-state index in [1.165, 1.54) is 13.0 Å². The molecular formula is C12H15N3O4. The van der Waals surface area contributed by atoms with Gasteiger partial charge in [-0.2, -0.15) is 0 Å². The number of hydrogen-bond acceptors (Lipinski definition) is 4. The fourth-order valence-corrected chi connectivity index (χ4v) is 2.06. The van der Waals surface area contributed by atoms with Crippen LogP contribution >= 0.6 is 0 Å². The Hall–Kier alpha value is -2.31. The number of nitrogens with one attached hydrogen (secondary N) is 1. The van der Waals surface area contributed by atoms with Crippen molar-refractivity contribution in [2.45, 2.75) is 6.92 Å². The second kappa shape index (κ2) is 5.13. The quantitative estimate of drug-likeness (QED) is 0.708. The molecule has 1 aromatic rings. The molecule has 2 rings (SSSR count). The summed E-state index contributed by atoms with van der Waals surface area (Å²) in [6, 6.07) is 2.38. The maximum Gasteiger partial charge on any atom is 0.254 e. The van der Waals surface area contributed by atoms with Crippen LogP contribution in [0.1, 0.15) is 17.3 Å². The third-order valence-corrected chi connectivity index (χ3v) is 3.09. The van der Waals surface area contributed by atoms with Gasteiger partial charge >= 0.3 is 0 Å². The SMILES string of the molecule is CC(=O)N1CCN(C(=O)c2cc(O)[nH]c(=O)c2)CC1. The van der Waals surface area contributed by atoms with Gasteiger partial charge in [0.25, 0.3) is 11.5 Å². The molecule has 0 bridgehead atoms. The van der Waals surface area contributed by atoms with Crippen LogP contribution in [0.5, 0.6) is 5.88 Å². The number of rotatable bonds is 1. The molecule has 0 radical (unpaired) electrons. The van der Waals surface area contributed by atoms with Crippen molar-refractivity contribution in [1.29, 1.82) is 0 Å². The summed E-state index contributed by atoms with van der Waals surface area (Å²) >= 11 is 0. The lowest BCUT2D eigenvalue weighted by atomic mass is 10.2. The van der Waals surface area contributed by atoms with Gasteiger partial charge in [0.15, 0.2) is 5.88 Å². The van der Waals surface area contributed by atoms with Gasteiger partial charge in [-0.05, 0) is 0 Å². The molecule has 2 amide bonds. The molecule has 0 unspecified atom stereocenters. The lowest BCUT2D eigenvalue weighted by Crippen LogP contribution is -2.50. The molecule has 1 saturated heterocycles. The van der Waals surface area contributed by atoms with E-state index in [1.54, 1.807) is 9.80 Å². The van der Waals surface area contributed by atoms with E-state index in [0.29, 0.717) is 26.2 Å². The van der Waals surface area contributed by atoms with Crippen molar-refractivity contribution in [3.05, 3.63) is 28.0 Å². The predicted molar refractivity (Wildman–Crippen MR) is 66.9 cm³/mol. The van der Waals surface area contributed by atoms with E-state index < -0.39 is 5.56 Å². The molecule has 19 heavy (non-hydrogen) atoms. The minimum Gasteiger partial charge on any atom is -0.494 e. The zero-order valence-corrected chi connectivity index (χ0v) is 10.5. The maximum atomic E-state index is 12.1. The van der Waals surface area contributed by atoms with Gasteiger partial charge < -0.3 is 14.9 Å². The highest BCUT2D eigenvalue weighted by atomic mass is 16.3. The van der Waals surface area contributed by atoms with Crippen LogP contribution in [0.4, 0.5) is 0 Å². The number of nitrogens with zero attached hydrogens (tertiary/aromatic N) is 2. The van der Waals surface area contributed by atoms with Gasteiger partial charge in [0.2, 0.25) is 5.91 Å². The molecule has 7 heteroatoms. The van der Waals surface area contributed by atoms with Crippen molar-refractivity contribution < 1.29 is 14.7 Å². The highest BCUT2D eigenvalue weighted by molar-refractivity contribution is 5.94. The molecule has 0 aromatic carbocycles. The summed E-state index contributed by atoms with van der Waals surface area (Å²) in [6.45, 7) is 3.30. The minimum atomic E-state index is -0.522. The number of amides is 2. The van der Waals surface area contributed by atoms with Crippen molar-refractivity contribution in [3.63, 3.8) is 0 Å². The van der Waals surface area contributed by atoms with Crippen LogP contribution in [0.25, 0.3) is 0 Å². The Morgan fingerprint density at radius 2 is 1.74 bits per heavy atom. The number of aromatic nitrogens is 1. The van der Waals surface area contributed by atoms with E-state index >= 15 is 0 Å². The average molecular weight is 265 g/mol. The van der Waals surface area contributed by atoms with E-state index in [0.717, 1.165) is 6.07 Å². The molecule has 0 atom stereocenters. The van der Waals surface area contributed by atoms with Crippen molar-refractivity contribution in [2.24, 2.45) is 0 Å². The molecule has 2 heterocycles. The predicted octanol–water partition coefficient (Wildman–Crippen LogP) is -0.615. The molecule has 102 valence electrons. The van der Waals surface area contributed by atoms with Crippen LogP contribution < -0.4 is 5.56 Å². The van der Waals surface area contributed by atoms with E-state index in [2.05, 4.69) is 4.98 Å². The second-order valence-electron chi connectivity index (χ2n) is 4.42. The number of aromatic amines is 1. The van der Waals surface area contributed by atoms with E-state index in [9.17, 15) is 19.5 Å². The standard InChI is InChI=1S/C12H15N3O4/c1-8(16)14-2-4-15(5-3-14)12(19)9-6-10(17)13-11(18)7-9/h6-7H,2-5H2,1H3,(H2,13,17,18). The van der Waals surface area contributed by atoms with Gasteiger partial charge in [0.1, 0.15) is 0 Å². The fraction of sp³-hybridized carbons (Fsp3) is 0.417. The molecule has 1 aliphatic heterocycles. The second-order valence-corrected chi connectivity index (χ2v) is 4.42. The monoisotopic (exact) mass is 265 g/mol. The Bertz CT molecular complexity index is 558. The number of carbonyl (C=O) groups excluding carboxylic acids is 2. The molecule has 1 aromatic heterocycles. The highest BCUT2D eigenvalue weighted by Gasteiger charge is 2.23. The zero-order valence-electron chi connectivity index (χ0n) is 10.5. The Morgan fingerprint density at radius 1 is 1.16 bits per heavy atom. The zero-order chi connectivity index (χ0) is 14.0. The first-order valence-corrected chi connectivity index (χ1v) is 5.95. The van der Waals surface area contributed by atoms with Crippen LogP contribution in [0, 0.1) is 0 Å². The number of carbonyl (C=O) groups is 2. The number of H-pyrrole nitrogens is 1. The molecule has 1 fully saturated rings.